The number of methoxy groups -OCH3 is 1. The van der Waals surface area contributed by atoms with Gasteiger partial charge in [0.1, 0.15) is 5.82 Å². The number of carbonyl (C=O) groups excluding carboxylic acids is 1. The molecule has 2 heterocycles. The number of hydrogen-bond acceptors (Lipinski definition) is 6. The van der Waals surface area contributed by atoms with Crippen LogP contribution in [0.1, 0.15) is 35.9 Å². The van der Waals surface area contributed by atoms with E-state index in [1.54, 1.807) is 12.1 Å². The monoisotopic (exact) mass is 408 g/mol. The summed E-state index contributed by atoms with van der Waals surface area (Å²) in [7, 11) is 1.27. The number of benzene rings is 1. The van der Waals surface area contributed by atoms with Gasteiger partial charge in [-0.15, -0.1) is 0 Å². The van der Waals surface area contributed by atoms with Crippen molar-refractivity contribution in [1.82, 2.24) is 9.97 Å². The van der Waals surface area contributed by atoms with E-state index in [0.717, 1.165) is 18.9 Å². The molecule has 156 valence electrons. The van der Waals surface area contributed by atoms with Crippen molar-refractivity contribution < 1.29 is 22.7 Å². The molecule has 1 aromatic carbocycles. The fourth-order valence-corrected chi connectivity index (χ4v) is 3.55. The van der Waals surface area contributed by atoms with E-state index in [0.29, 0.717) is 31.1 Å². The Balaban J connectivity index is 1.83. The first-order valence-electron chi connectivity index (χ1n) is 9.43. The summed E-state index contributed by atoms with van der Waals surface area (Å²) >= 11 is 0. The number of hydrogen-bond donors (Lipinski definition) is 0. The number of anilines is 2. The minimum Gasteiger partial charge on any atom is -0.463 e. The van der Waals surface area contributed by atoms with Gasteiger partial charge in [-0.1, -0.05) is 19.4 Å². The fraction of sp³-hybridized carbons (Fsp3) is 0.450. The molecular formula is C20H23F3N4O2. The standard InChI is InChI=1S/C20H23F3N4O2/c1-3-5-16-13-26(15-7-4-6-14(12-15)20(21,22)23)10-11-27(16)17-8-9-24-18(25-17)19(28)29-2/h4,6-9,12,16H,3,5,10-11,13H2,1-2H3. The zero-order valence-electron chi connectivity index (χ0n) is 16.3. The van der Waals surface area contributed by atoms with Crippen LogP contribution in [-0.2, 0) is 10.9 Å². The highest BCUT2D eigenvalue weighted by molar-refractivity contribution is 5.85. The summed E-state index contributed by atoms with van der Waals surface area (Å²) in [5.74, 6) is -0.00964. The predicted molar refractivity (Wildman–Crippen MR) is 103 cm³/mol. The average Bonchev–Trinajstić information content (AvgIpc) is 2.73. The average molecular weight is 408 g/mol. The molecule has 0 bridgehead atoms. The lowest BCUT2D eigenvalue weighted by Gasteiger charge is -2.43. The van der Waals surface area contributed by atoms with Crippen molar-refractivity contribution in [2.75, 3.05) is 36.5 Å². The Morgan fingerprint density at radius 1 is 1.28 bits per heavy atom. The van der Waals surface area contributed by atoms with Gasteiger partial charge in [0.25, 0.3) is 0 Å². The maximum absolute atomic E-state index is 13.1. The second-order valence-corrected chi connectivity index (χ2v) is 6.86. The van der Waals surface area contributed by atoms with Gasteiger partial charge in [0.15, 0.2) is 0 Å². The molecule has 1 fully saturated rings. The molecule has 0 aliphatic carbocycles. The fourth-order valence-electron chi connectivity index (χ4n) is 3.55. The van der Waals surface area contributed by atoms with Crippen LogP contribution in [0.5, 0.6) is 0 Å². The number of rotatable bonds is 5. The third-order valence-electron chi connectivity index (χ3n) is 4.95. The molecule has 9 heteroatoms. The number of nitrogens with zero attached hydrogens (tertiary/aromatic N) is 4. The normalized spacial score (nSPS) is 17.3. The number of aromatic nitrogens is 2. The second kappa shape index (κ2) is 8.67. The van der Waals surface area contributed by atoms with Crippen LogP contribution in [0.25, 0.3) is 0 Å². The molecular weight excluding hydrogens is 385 g/mol. The lowest BCUT2D eigenvalue weighted by Crippen LogP contribution is -2.53. The third kappa shape index (κ3) is 4.78. The molecule has 0 N–H and O–H groups in total. The molecule has 29 heavy (non-hydrogen) atoms. The van der Waals surface area contributed by atoms with Crippen LogP contribution in [0.4, 0.5) is 24.7 Å². The Labute approximate surface area is 167 Å². The number of alkyl halides is 3. The van der Waals surface area contributed by atoms with Crippen LogP contribution in [-0.4, -0.2) is 48.7 Å². The van der Waals surface area contributed by atoms with Gasteiger partial charge in [0.05, 0.1) is 12.7 Å². The lowest BCUT2D eigenvalue weighted by molar-refractivity contribution is -0.137. The lowest BCUT2D eigenvalue weighted by atomic mass is 10.1. The maximum Gasteiger partial charge on any atom is 0.416 e. The molecule has 1 aliphatic heterocycles. The smallest absolute Gasteiger partial charge is 0.416 e. The second-order valence-electron chi connectivity index (χ2n) is 6.86. The van der Waals surface area contributed by atoms with Crippen molar-refractivity contribution in [3.63, 3.8) is 0 Å². The van der Waals surface area contributed by atoms with Crippen LogP contribution in [0.15, 0.2) is 36.5 Å². The van der Waals surface area contributed by atoms with E-state index in [1.165, 1.54) is 25.4 Å². The maximum atomic E-state index is 13.1. The van der Waals surface area contributed by atoms with Crippen LogP contribution < -0.4 is 9.80 Å². The highest BCUT2D eigenvalue weighted by Gasteiger charge is 2.32. The molecule has 0 spiro atoms. The molecule has 6 nitrogen and oxygen atoms in total. The molecule has 1 unspecified atom stereocenters. The molecule has 0 saturated carbocycles. The summed E-state index contributed by atoms with van der Waals surface area (Å²) in [5.41, 5.74) is -0.0958. The Hall–Kier alpha value is -2.84. The quantitative estimate of drug-likeness (QED) is 0.702. The summed E-state index contributed by atoms with van der Waals surface area (Å²) < 4.78 is 43.9. The molecule has 1 aromatic heterocycles. The molecule has 0 amide bonds. The van der Waals surface area contributed by atoms with E-state index in [2.05, 4.69) is 26.5 Å². The van der Waals surface area contributed by atoms with Crippen molar-refractivity contribution in [3.05, 3.63) is 47.9 Å². The zero-order valence-corrected chi connectivity index (χ0v) is 16.3. The van der Waals surface area contributed by atoms with E-state index < -0.39 is 17.7 Å². The summed E-state index contributed by atoms with van der Waals surface area (Å²) in [5, 5.41) is 0. The molecule has 1 saturated heterocycles. The van der Waals surface area contributed by atoms with Gasteiger partial charge >= 0.3 is 12.1 Å². The minimum absolute atomic E-state index is 0.0134. The van der Waals surface area contributed by atoms with Crippen molar-refractivity contribution in [2.24, 2.45) is 0 Å². The summed E-state index contributed by atoms with van der Waals surface area (Å²) in [6, 6.07) is 7.19. The molecule has 1 aliphatic rings. The Morgan fingerprint density at radius 2 is 2.07 bits per heavy atom. The number of piperazine rings is 1. The Kier molecular flexibility index (Phi) is 6.24. The Morgan fingerprint density at radius 3 is 2.76 bits per heavy atom. The van der Waals surface area contributed by atoms with Gasteiger partial charge in [-0.25, -0.2) is 14.8 Å². The van der Waals surface area contributed by atoms with Crippen LogP contribution in [0.3, 0.4) is 0 Å². The number of carbonyl (C=O) groups is 1. The molecule has 2 aromatic rings. The third-order valence-corrected chi connectivity index (χ3v) is 4.95. The molecule has 0 radical (unpaired) electrons. The van der Waals surface area contributed by atoms with Gasteiger partial charge in [-0.3, -0.25) is 0 Å². The van der Waals surface area contributed by atoms with Crippen molar-refractivity contribution >= 4 is 17.5 Å². The Bertz CT molecular complexity index is 860. The van der Waals surface area contributed by atoms with Gasteiger partial charge in [0.2, 0.25) is 5.82 Å². The first kappa shape index (κ1) is 20.9. The first-order chi connectivity index (χ1) is 13.8. The van der Waals surface area contributed by atoms with Gasteiger partial charge in [0, 0.05) is 37.6 Å². The van der Waals surface area contributed by atoms with Crippen molar-refractivity contribution in [3.8, 4) is 0 Å². The van der Waals surface area contributed by atoms with E-state index >= 15 is 0 Å². The number of halogens is 3. The topological polar surface area (TPSA) is 58.6 Å². The summed E-state index contributed by atoms with van der Waals surface area (Å²) in [6.07, 6.45) is -1.11. The van der Waals surface area contributed by atoms with Gasteiger partial charge in [-0.2, -0.15) is 13.2 Å². The summed E-state index contributed by atoms with van der Waals surface area (Å²) in [6.45, 7) is 3.73. The van der Waals surface area contributed by atoms with E-state index in [1.807, 2.05) is 4.90 Å². The number of ether oxygens (including phenoxy) is 1. The van der Waals surface area contributed by atoms with Crippen LogP contribution >= 0.6 is 0 Å². The predicted octanol–water partition coefficient (Wildman–Crippen LogP) is 3.78. The highest BCUT2D eigenvalue weighted by Crippen LogP contribution is 2.33. The largest absolute Gasteiger partial charge is 0.463 e. The minimum atomic E-state index is -4.37. The first-order valence-corrected chi connectivity index (χ1v) is 9.43. The van der Waals surface area contributed by atoms with Crippen LogP contribution in [0.2, 0.25) is 0 Å². The highest BCUT2D eigenvalue weighted by atomic mass is 19.4. The van der Waals surface area contributed by atoms with E-state index in [4.69, 9.17) is 0 Å². The van der Waals surface area contributed by atoms with Crippen LogP contribution in [0, 0.1) is 0 Å². The SMILES string of the molecule is CCCC1CN(c2cccc(C(F)(F)F)c2)CCN1c1ccnc(C(=O)OC)n1. The van der Waals surface area contributed by atoms with Crippen molar-refractivity contribution in [2.45, 2.75) is 32.0 Å². The molecule has 3 rings (SSSR count). The van der Waals surface area contributed by atoms with E-state index in [-0.39, 0.29) is 11.9 Å². The van der Waals surface area contributed by atoms with Gasteiger partial charge < -0.3 is 14.5 Å². The summed E-state index contributed by atoms with van der Waals surface area (Å²) in [4.78, 5) is 24.1. The zero-order chi connectivity index (χ0) is 21.0. The molecule has 1 atom stereocenters. The van der Waals surface area contributed by atoms with E-state index in [9.17, 15) is 18.0 Å². The van der Waals surface area contributed by atoms with Crippen molar-refractivity contribution in [1.29, 1.82) is 0 Å². The number of esters is 1. The van der Waals surface area contributed by atoms with Gasteiger partial charge in [-0.05, 0) is 30.7 Å².